The van der Waals surface area contributed by atoms with E-state index in [0.717, 1.165) is 25.7 Å². The van der Waals surface area contributed by atoms with Gasteiger partial charge in [0.15, 0.2) is 0 Å². The number of aliphatic hydroxyl groups is 1. The van der Waals surface area contributed by atoms with E-state index in [1.54, 1.807) is 11.3 Å². The van der Waals surface area contributed by atoms with Crippen LogP contribution < -0.4 is 0 Å². The van der Waals surface area contributed by atoms with Gasteiger partial charge >= 0.3 is 0 Å². The molecule has 74 valence electrons. The van der Waals surface area contributed by atoms with Gasteiger partial charge in [0, 0.05) is 9.35 Å². The maximum Gasteiger partial charge on any atom is 0.0543 e. The van der Waals surface area contributed by atoms with Gasteiger partial charge in [0.25, 0.3) is 0 Å². The molecule has 0 radical (unpaired) electrons. The summed E-state index contributed by atoms with van der Waals surface area (Å²) in [5.41, 5.74) is 0. The van der Waals surface area contributed by atoms with Crippen molar-refractivity contribution in [2.75, 3.05) is 0 Å². The highest BCUT2D eigenvalue weighted by Crippen LogP contribution is 2.24. The van der Waals surface area contributed by atoms with Crippen LogP contribution >= 0.6 is 27.3 Å². The van der Waals surface area contributed by atoms with Gasteiger partial charge in [-0.1, -0.05) is 13.3 Å². The quantitative estimate of drug-likeness (QED) is 0.860. The van der Waals surface area contributed by atoms with Crippen molar-refractivity contribution in [1.82, 2.24) is 0 Å². The van der Waals surface area contributed by atoms with Gasteiger partial charge in [-0.05, 0) is 46.6 Å². The van der Waals surface area contributed by atoms with Crippen molar-refractivity contribution < 1.29 is 5.11 Å². The maximum absolute atomic E-state index is 9.53. The average molecular weight is 263 g/mol. The lowest BCUT2D eigenvalue weighted by molar-refractivity contribution is 0.154. The smallest absolute Gasteiger partial charge is 0.0543 e. The van der Waals surface area contributed by atoms with E-state index < -0.39 is 0 Å². The zero-order valence-electron chi connectivity index (χ0n) is 7.79. The number of rotatable bonds is 5. The van der Waals surface area contributed by atoms with E-state index in [0.29, 0.717) is 0 Å². The molecular formula is C10H15BrOS. The first-order valence-corrected chi connectivity index (χ1v) is 6.31. The minimum Gasteiger partial charge on any atom is -0.393 e. The number of hydrogen-bond acceptors (Lipinski definition) is 2. The van der Waals surface area contributed by atoms with Crippen LogP contribution in [-0.2, 0) is 6.42 Å². The van der Waals surface area contributed by atoms with Crippen LogP contribution in [0.15, 0.2) is 15.9 Å². The van der Waals surface area contributed by atoms with Crippen molar-refractivity contribution in [3.8, 4) is 0 Å². The molecule has 1 rings (SSSR count). The number of thiophene rings is 1. The molecule has 1 aromatic heterocycles. The molecule has 0 spiro atoms. The molecule has 1 heterocycles. The third-order valence-electron chi connectivity index (χ3n) is 2.02. The summed E-state index contributed by atoms with van der Waals surface area (Å²) in [5.74, 6) is 0. The Morgan fingerprint density at radius 1 is 1.54 bits per heavy atom. The van der Waals surface area contributed by atoms with Crippen LogP contribution in [0, 0.1) is 0 Å². The Morgan fingerprint density at radius 3 is 2.85 bits per heavy atom. The topological polar surface area (TPSA) is 20.2 Å². The molecule has 13 heavy (non-hydrogen) atoms. The SMILES string of the molecule is CCCC(O)CCc1sccc1Br. The van der Waals surface area contributed by atoms with Crippen molar-refractivity contribution in [3.05, 3.63) is 20.8 Å². The van der Waals surface area contributed by atoms with E-state index in [-0.39, 0.29) is 6.10 Å². The summed E-state index contributed by atoms with van der Waals surface area (Å²) in [6.45, 7) is 2.10. The third kappa shape index (κ3) is 3.79. The maximum atomic E-state index is 9.53. The fraction of sp³-hybridized carbons (Fsp3) is 0.600. The highest BCUT2D eigenvalue weighted by Gasteiger charge is 2.06. The molecule has 0 fully saturated rings. The number of hydrogen-bond donors (Lipinski definition) is 1. The molecule has 1 N–H and O–H groups in total. The number of aryl methyl sites for hydroxylation is 1. The molecule has 3 heteroatoms. The Hall–Kier alpha value is 0.140. The first-order valence-electron chi connectivity index (χ1n) is 4.64. The van der Waals surface area contributed by atoms with Crippen molar-refractivity contribution in [2.45, 2.75) is 38.7 Å². The summed E-state index contributed by atoms with van der Waals surface area (Å²) >= 11 is 5.24. The lowest BCUT2D eigenvalue weighted by atomic mass is 10.1. The molecule has 1 aromatic rings. The normalized spacial score (nSPS) is 13.2. The van der Waals surface area contributed by atoms with E-state index >= 15 is 0 Å². The molecule has 0 aromatic carbocycles. The standard InChI is InChI=1S/C10H15BrOS/c1-2-3-8(12)4-5-10-9(11)6-7-13-10/h6-8,12H,2-5H2,1H3. The lowest BCUT2D eigenvalue weighted by Gasteiger charge is -2.07. The molecule has 0 aliphatic heterocycles. The fourth-order valence-corrected chi connectivity index (χ4v) is 2.85. The number of halogens is 1. The Bertz CT molecular complexity index is 247. The van der Waals surface area contributed by atoms with Crippen LogP contribution in [-0.4, -0.2) is 11.2 Å². The van der Waals surface area contributed by atoms with Crippen LogP contribution in [0.5, 0.6) is 0 Å². The fourth-order valence-electron chi connectivity index (χ4n) is 1.28. The summed E-state index contributed by atoms with van der Waals surface area (Å²) in [7, 11) is 0. The average Bonchev–Trinajstić information content (AvgIpc) is 2.48. The minimum absolute atomic E-state index is 0.126. The van der Waals surface area contributed by atoms with Crippen molar-refractivity contribution >= 4 is 27.3 Å². The Morgan fingerprint density at radius 2 is 2.31 bits per heavy atom. The minimum atomic E-state index is -0.126. The van der Waals surface area contributed by atoms with E-state index in [2.05, 4.69) is 34.3 Å². The van der Waals surface area contributed by atoms with Crippen molar-refractivity contribution in [1.29, 1.82) is 0 Å². The summed E-state index contributed by atoms with van der Waals surface area (Å²) in [4.78, 5) is 1.34. The van der Waals surface area contributed by atoms with Crippen LogP contribution in [0.2, 0.25) is 0 Å². The van der Waals surface area contributed by atoms with E-state index in [1.807, 2.05) is 0 Å². The van der Waals surface area contributed by atoms with Crippen LogP contribution in [0.1, 0.15) is 31.1 Å². The molecule has 0 saturated carbocycles. The Kier molecular flexibility index (Phi) is 4.99. The first-order chi connectivity index (χ1) is 6.24. The second-order valence-electron chi connectivity index (χ2n) is 3.17. The molecule has 0 aliphatic rings. The molecule has 1 atom stereocenters. The first kappa shape index (κ1) is 11.2. The van der Waals surface area contributed by atoms with E-state index in [9.17, 15) is 5.11 Å². The van der Waals surface area contributed by atoms with Crippen molar-refractivity contribution in [3.63, 3.8) is 0 Å². The van der Waals surface area contributed by atoms with Gasteiger partial charge in [0.2, 0.25) is 0 Å². The van der Waals surface area contributed by atoms with Gasteiger partial charge in [-0.15, -0.1) is 11.3 Å². The second kappa shape index (κ2) is 5.78. The number of aliphatic hydroxyl groups excluding tert-OH is 1. The van der Waals surface area contributed by atoms with Crippen LogP contribution in [0.4, 0.5) is 0 Å². The van der Waals surface area contributed by atoms with E-state index in [4.69, 9.17) is 0 Å². The zero-order chi connectivity index (χ0) is 9.68. The van der Waals surface area contributed by atoms with Gasteiger partial charge < -0.3 is 5.11 Å². The Labute approximate surface area is 91.9 Å². The summed E-state index contributed by atoms with van der Waals surface area (Å²) in [6, 6.07) is 2.06. The van der Waals surface area contributed by atoms with Crippen LogP contribution in [0.25, 0.3) is 0 Å². The highest BCUT2D eigenvalue weighted by molar-refractivity contribution is 9.10. The second-order valence-corrected chi connectivity index (χ2v) is 5.03. The zero-order valence-corrected chi connectivity index (χ0v) is 10.2. The molecule has 0 amide bonds. The van der Waals surface area contributed by atoms with Crippen molar-refractivity contribution in [2.24, 2.45) is 0 Å². The summed E-state index contributed by atoms with van der Waals surface area (Å²) in [5, 5.41) is 11.6. The highest BCUT2D eigenvalue weighted by atomic mass is 79.9. The van der Waals surface area contributed by atoms with Gasteiger partial charge in [0.05, 0.1) is 6.10 Å². The summed E-state index contributed by atoms with van der Waals surface area (Å²) < 4.78 is 1.18. The van der Waals surface area contributed by atoms with Gasteiger partial charge in [0.1, 0.15) is 0 Å². The largest absolute Gasteiger partial charge is 0.393 e. The van der Waals surface area contributed by atoms with Gasteiger partial charge in [-0.25, -0.2) is 0 Å². The Balaban J connectivity index is 2.30. The molecule has 1 unspecified atom stereocenters. The lowest BCUT2D eigenvalue weighted by Crippen LogP contribution is -2.06. The third-order valence-corrected chi connectivity index (χ3v) is 4.00. The predicted molar refractivity (Wildman–Crippen MR) is 61.3 cm³/mol. The molecule has 0 saturated heterocycles. The molecule has 0 bridgehead atoms. The predicted octanol–water partition coefficient (Wildman–Crippen LogP) is 3.60. The monoisotopic (exact) mass is 262 g/mol. The molecule has 0 aliphatic carbocycles. The molecular weight excluding hydrogens is 248 g/mol. The van der Waals surface area contributed by atoms with Crippen LogP contribution in [0.3, 0.4) is 0 Å². The summed E-state index contributed by atoms with van der Waals surface area (Å²) in [6.07, 6.45) is 3.72. The van der Waals surface area contributed by atoms with Gasteiger partial charge in [-0.2, -0.15) is 0 Å². The van der Waals surface area contributed by atoms with E-state index in [1.165, 1.54) is 9.35 Å². The van der Waals surface area contributed by atoms with Gasteiger partial charge in [-0.3, -0.25) is 0 Å². The molecule has 1 nitrogen and oxygen atoms in total.